The fraction of sp³-hybridized carbons (Fsp3) is 0.360. The van der Waals surface area contributed by atoms with Crippen molar-refractivity contribution in [2.75, 3.05) is 0 Å². The minimum Gasteiger partial charge on any atom is -0.467 e. The highest BCUT2D eigenvalue weighted by atomic mass is 16.3. The lowest BCUT2D eigenvalue weighted by Crippen LogP contribution is -2.47. The molecule has 1 atom stereocenters. The summed E-state index contributed by atoms with van der Waals surface area (Å²) in [6.45, 7) is 0.0387. The van der Waals surface area contributed by atoms with Gasteiger partial charge >= 0.3 is 0 Å². The van der Waals surface area contributed by atoms with E-state index in [1.165, 1.54) is 17.6 Å². The summed E-state index contributed by atoms with van der Waals surface area (Å²) in [4.78, 5) is 28.7. The normalized spacial score (nSPS) is 15.3. The van der Waals surface area contributed by atoms with Gasteiger partial charge in [-0.05, 0) is 49.2 Å². The topological polar surface area (TPSA) is 106 Å². The number of fused-ring (bicyclic) bond motifs is 1. The number of para-hydroxylation sites is 1. The molecule has 1 fully saturated rings. The van der Waals surface area contributed by atoms with Crippen molar-refractivity contribution < 1.29 is 18.4 Å². The van der Waals surface area contributed by atoms with Crippen molar-refractivity contribution in [1.29, 1.82) is 0 Å². The minimum absolute atomic E-state index is 0.0743. The first kappa shape index (κ1) is 21.9. The Morgan fingerprint density at radius 2 is 1.82 bits per heavy atom. The second-order valence-corrected chi connectivity index (χ2v) is 8.60. The van der Waals surface area contributed by atoms with Crippen LogP contribution in [0.3, 0.4) is 0 Å². The van der Waals surface area contributed by atoms with Gasteiger partial charge < -0.3 is 19.1 Å². The van der Waals surface area contributed by atoms with Gasteiger partial charge in [0.25, 0.3) is 5.91 Å². The second kappa shape index (κ2) is 9.94. The van der Waals surface area contributed by atoms with E-state index in [2.05, 4.69) is 15.6 Å². The maximum atomic E-state index is 13.7. The minimum atomic E-state index is -0.940. The van der Waals surface area contributed by atoms with Crippen LogP contribution >= 0.6 is 0 Å². The summed E-state index contributed by atoms with van der Waals surface area (Å²) >= 11 is 0. The molecule has 1 unspecified atom stereocenters. The predicted molar refractivity (Wildman–Crippen MR) is 123 cm³/mol. The molecule has 0 spiro atoms. The van der Waals surface area contributed by atoms with Crippen LogP contribution in [-0.2, 0) is 22.7 Å². The smallest absolute Gasteiger partial charge is 0.250 e. The molecular weight excluding hydrogens is 434 g/mol. The summed E-state index contributed by atoms with van der Waals surface area (Å²) in [6.07, 6.45) is 8.30. The van der Waals surface area contributed by atoms with Crippen LogP contribution in [0.2, 0.25) is 0 Å². The summed E-state index contributed by atoms with van der Waals surface area (Å²) in [6, 6.07) is 13.6. The van der Waals surface area contributed by atoms with E-state index in [0.29, 0.717) is 17.0 Å². The monoisotopic (exact) mass is 461 g/mol. The number of hydrogen-bond acceptors (Lipinski definition) is 6. The van der Waals surface area contributed by atoms with E-state index in [4.69, 9.17) is 8.83 Å². The first-order valence-corrected chi connectivity index (χ1v) is 11.6. The first-order chi connectivity index (χ1) is 16.7. The molecule has 1 aromatic carbocycles. The molecule has 1 saturated carbocycles. The van der Waals surface area contributed by atoms with E-state index in [9.17, 15) is 9.59 Å². The number of furan rings is 2. The number of amides is 2. The summed E-state index contributed by atoms with van der Waals surface area (Å²) in [5, 5.41) is 11.4. The van der Waals surface area contributed by atoms with Crippen molar-refractivity contribution in [3.8, 4) is 0 Å². The molecule has 0 saturated heterocycles. The first-order valence-electron chi connectivity index (χ1n) is 11.6. The molecule has 0 bridgehead atoms. The average molecular weight is 462 g/mol. The number of rotatable bonds is 8. The van der Waals surface area contributed by atoms with E-state index in [1.54, 1.807) is 35.2 Å². The van der Waals surface area contributed by atoms with Crippen LogP contribution in [0, 0.1) is 0 Å². The van der Waals surface area contributed by atoms with Crippen molar-refractivity contribution in [2.45, 2.75) is 57.3 Å². The van der Waals surface area contributed by atoms with Gasteiger partial charge in [-0.1, -0.05) is 36.6 Å². The zero-order valence-corrected chi connectivity index (χ0v) is 18.8. The van der Waals surface area contributed by atoms with E-state index in [-0.39, 0.29) is 30.9 Å². The molecule has 1 aliphatic carbocycles. The van der Waals surface area contributed by atoms with Gasteiger partial charge in [-0.15, -0.1) is 5.10 Å². The van der Waals surface area contributed by atoms with Gasteiger partial charge in [-0.2, -0.15) is 0 Å². The van der Waals surface area contributed by atoms with E-state index < -0.39 is 6.04 Å². The van der Waals surface area contributed by atoms with Gasteiger partial charge in [-0.3, -0.25) is 9.59 Å². The van der Waals surface area contributed by atoms with Crippen LogP contribution in [0.4, 0.5) is 0 Å². The molecular formula is C25H27N5O4. The van der Waals surface area contributed by atoms with Crippen LogP contribution in [-0.4, -0.2) is 37.7 Å². The van der Waals surface area contributed by atoms with Crippen molar-refractivity contribution in [1.82, 2.24) is 25.2 Å². The summed E-state index contributed by atoms with van der Waals surface area (Å²) in [7, 11) is 0. The molecule has 1 N–H and O–H groups in total. The average Bonchev–Trinajstić information content (AvgIpc) is 3.63. The lowest BCUT2D eigenvalue weighted by atomic mass is 9.95. The molecule has 0 radical (unpaired) electrons. The van der Waals surface area contributed by atoms with Crippen molar-refractivity contribution in [2.24, 2.45) is 0 Å². The number of carbonyl (C=O) groups excluding carboxylic acids is 2. The Kier molecular flexibility index (Phi) is 6.42. The molecule has 4 aromatic rings. The molecule has 176 valence electrons. The van der Waals surface area contributed by atoms with Crippen LogP contribution in [0.25, 0.3) is 11.0 Å². The summed E-state index contributed by atoms with van der Waals surface area (Å²) in [5.41, 5.74) is 1.44. The lowest BCUT2D eigenvalue weighted by Gasteiger charge is -2.31. The molecule has 2 amide bonds. The predicted octanol–water partition coefficient (Wildman–Crippen LogP) is 3.84. The maximum Gasteiger partial charge on any atom is 0.250 e. The molecule has 0 aliphatic heterocycles. The molecule has 3 heterocycles. The SMILES string of the molecule is O=C(NC1CCCCC1)C(c1ccco1)N(Cc1ccco1)C(=O)Cn1nnc2ccccc21. The van der Waals surface area contributed by atoms with E-state index >= 15 is 0 Å². The Labute approximate surface area is 196 Å². The molecule has 9 heteroatoms. The largest absolute Gasteiger partial charge is 0.467 e. The van der Waals surface area contributed by atoms with Crippen molar-refractivity contribution in [3.63, 3.8) is 0 Å². The fourth-order valence-electron chi connectivity index (χ4n) is 4.55. The van der Waals surface area contributed by atoms with Gasteiger partial charge in [0.15, 0.2) is 6.04 Å². The Bertz CT molecular complexity index is 1230. The molecule has 1 aliphatic rings. The van der Waals surface area contributed by atoms with Crippen molar-refractivity contribution in [3.05, 3.63) is 72.6 Å². The quantitative estimate of drug-likeness (QED) is 0.427. The van der Waals surface area contributed by atoms with Gasteiger partial charge in [0, 0.05) is 6.04 Å². The van der Waals surface area contributed by atoms with Crippen LogP contribution in [0.1, 0.15) is 49.7 Å². The highest BCUT2D eigenvalue weighted by Gasteiger charge is 2.35. The summed E-state index contributed by atoms with van der Waals surface area (Å²) < 4.78 is 12.7. The van der Waals surface area contributed by atoms with Gasteiger partial charge in [0.2, 0.25) is 5.91 Å². The van der Waals surface area contributed by atoms with Crippen molar-refractivity contribution >= 4 is 22.8 Å². The van der Waals surface area contributed by atoms with Gasteiger partial charge in [0.05, 0.1) is 24.6 Å². The number of carbonyl (C=O) groups is 2. The number of benzene rings is 1. The molecule has 5 rings (SSSR count). The van der Waals surface area contributed by atoms with E-state index in [0.717, 1.165) is 31.2 Å². The zero-order valence-electron chi connectivity index (χ0n) is 18.8. The van der Waals surface area contributed by atoms with Gasteiger partial charge in [0.1, 0.15) is 23.6 Å². The Balaban J connectivity index is 1.46. The Morgan fingerprint density at radius 1 is 1.03 bits per heavy atom. The Hall–Kier alpha value is -3.88. The fourth-order valence-corrected chi connectivity index (χ4v) is 4.55. The maximum absolute atomic E-state index is 13.7. The number of nitrogens with zero attached hydrogens (tertiary/aromatic N) is 4. The van der Waals surface area contributed by atoms with Crippen LogP contribution < -0.4 is 5.32 Å². The Morgan fingerprint density at radius 3 is 2.59 bits per heavy atom. The molecule has 9 nitrogen and oxygen atoms in total. The standard InChI is InChI=1S/C25H27N5O4/c31-23(17-30-21-12-5-4-11-20(21)27-28-30)29(16-19-10-6-14-33-19)24(22-13-7-15-34-22)25(32)26-18-8-2-1-3-9-18/h4-7,10-15,18,24H,1-3,8-9,16-17H2,(H,26,32). The highest BCUT2D eigenvalue weighted by molar-refractivity contribution is 5.89. The van der Waals surface area contributed by atoms with Gasteiger partial charge in [-0.25, -0.2) is 4.68 Å². The zero-order chi connectivity index (χ0) is 23.3. The van der Waals surface area contributed by atoms with E-state index in [1.807, 2.05) is 24.3 Å². The third-order valence-corrected chi connectivity index (χ3v) is 6.26. The number of hydrogen-bond donors (Lipinski definition) is 1. The third kappa shape index (κ3) is 4.73. The molecule has 34 heavy (non-hydrogen) atoms. The highest BCUT2D eigenvalue weighted by Crippen LogP contribution is 2.27. The van der Waals surface area contributed by atoms with Crippen LogP contribution in [0.5, 0.6) is 0 Å². The number of nitrogens with one attached hydrogen (secondary N) is 1. The molecule has 3 aromatic heterocycles. The third-order valence-electron chi connectivity index (χ3n) is 6.26. The second-order valence-electron chi connectivity index (χ2n) is 8.60. The number of aromatic nitrogens is 3. The lowest BCUT2D eigenvalue weighted by molar-refractivity contribution is -0.143. The summed E-state index contributed by atoms with van der Waals surface area (Å²) in [5.74, 6) is 0.410. The van der Waals surface area contributed by atoms with Crippen LogP contribution in [0.15, 0.2) is 69.9 Å².